The number of pyridine rings is 1. The van der Waals surface area contributed by atoms with Gasteiger partial charge in [0, 0.05) is 29.6 Å². The molecule has 4 heterocycles. The zero-order valence-corrected chi connectivity index (χ0v) is 22.1. The minimum Gasteiger partial charge on any atom is -0.384 e. The molecule has 1 amide bonds. The number of fused-ring (bicyclic) bond motifs is 1. The normalized spacial score (nSPS) is 15.4. The molecule has 0 aromatic carbocycles. The second kappa shape index (κ2) is 10.4. The summed E-state index contributed by atoms with van der Waals surface area (Å²) in [6, 6.07) is 3.48. The summed E-state index contributed by atoms with van der Waals surface area (Å²) >= 11 is 0. The van der Waals surface area contributed by atoms with Crippen molar-refractivity contribution in [2.24, 2.45) is 0 Å². The van der Waals surface area contributed by atoms with Crippen LogP contribution in [0.15, 0.2) is 43.1 Å². The number of H-pyrrole nitrogens is 1. The van der Waals surface area contributed by atoms with Gasteiger partial charge >= 0.3 is 0 Å². The summed E-state index contributed by atoms with van der Waals surface area (Å²) in [5.41, 5.74) is 9.07. The molecular weight excluding hydrogens is 498 g/mol. The van der Waals surface area contributed by atoms with Gasteiger partial charge < -0.3 is 20.7 Å². The fourth-order valence-corrected chi connectivity index (χ4v) is 4.92. The van der Waals surface area contributed by atoms with Gasteiger partial charge in [-0.1, -0.05) is 12.1 Å². The van der Waals surface area contributed by atoms with E-state index in [1.54, 1.807) is 29.6 Å². The Balaban J connectivity index is 1.46. The summed E-state index contributed by atoms with van der Waals surface area (Å²) in [5, 5.41) is 22.5. The molecule has 0 bridgehead atoms. The average Bonchev–Trinajstić information content (AvgIpc) is 3.59. The monoisotopic (exact) mass is 529 g/mol. The van der Waals surface area contributed by atoms with E-state index in [0.29, 0.717) is 53.8 Å². The number of aryl methyl sites for hydroxylation is 1. The first-order chi connectivity index (χ1) is 18.7. The maximum Gasteiger partial charge on any atom is 0.295 e. The van der Waals surface area contributed by atoms with Gasteiger partial charge in [0.2, 0.25) is 5.82 Å². The Hall–Kier alpha value is -4.45. The molecule has 4 N–H and O–H groups in total. The number of hydrogen-bond acceptors (Lipinski definition) is 9. The molecule has 12 nitrogen and oxygen atoms in total. The van der Waals surface area contributed by atoms with Crippen LogP contribution >= 0.6 is 0 Å². The minimum absolute atomic E-state index is 0.140. The number of hydrogen-bond donors (Lipinski definition) is 3. The maximum atomic E-state index is 12.9. The van der Waals surface area contributed by atoms with Crippen LogP contribution in [0.3, 0.4) is 0 Å². The lowest BCUT2D eigenvalue weighted by Gasteiger charge is -2.35. The van der Waals surface area contributed by atoms with E-state index in [1.807, 2.05) is 26.0 Å². The van der Waals surface area contributed by atoms with E-state index >= 15 is 0 Å². The van der Waals surface area contributed by atoms with Crippen molar-refractivity contribution in [3.8, 4) is 11.1 Å². The van der Waals surface area contributed by atoms with Crippen LogP contribution in [0, 0.1) is 0 Å². The number of nitrogens with zero attached hydrogens (tertiary/aromatic N) is 7. The second-order valence-electron chi connectivity index (χ2n) is 9.91. The van der Waals surface area contributed by atoms with E-state index in [1.165, 1.54) is 17.8 Å². The number of aromatic nitrogens is 7. The third kappa shape index (κ3) is 4.78. The highest BCUT2D eigenvalue weighted by molar-refractivity contribution is 6.00. The van der Waals surface area contributed by atoms with E-state index in [0.717, 1.165) is 12.0 Å². The summed E-state index contributed by atoms with van der Waals surface area (Å²) in [6.07, 6.45) is 11.5. The summed E-state index contributed by atoms with van der Waals surface area (Å²) in [4.78, 5) is 39.2. The predicted octanol–water partition coefficient (Wildman–Crippen LogP) is 3.06. The van der Waals surface area contributed by atoms with Crippen LogP contribution in [0.5, 0.6) is 0 Å². The number of Topliss-reactive ketones (excluding diaryl/α,β-unsaturated/α-hetero) is 1. The van der Waals surface area contributed by atoms with Crippen LogP contribution in [0.4, 0.5) is 5.82 Å². The molecule has 4 aromatic heterocycles. The van der Waals surface area contributed by atoms with Crippen LogP contribution in [0.1, 0.15) is 78.8 Å². The van der Waals surface area contributed by atoms with Gasteiger partial charge in [-0.3, -0.25) is 14.6 Å². The molecule has 0 spiro atoms. The first-order valence-corrected chi connectivity index (χ1v) is 12.9. The van der Waals surface area contributed by atoms with E-state index < -0.39 is 5.60 Å². The molecule has 0 unspecified atom stereocenters. The van der Waals surface area contributed by atoms with E-state index in [4.69, 9.17) is 10.7 Å². The lowest BCUT2D eigenvalue weighted by atomic mass is 9.77. The van der Waals surface area contributed by atoms with Gasteiger partial charge in [-0.25, -0.2) is 4.98 Å². The average molecular weight is 530 g/mol. The molecule has 0 aliphatic heterocycles. The third-order valence-electron chi connectivity index (χ3n) is 7.28. The number of nitrogens with one attached hydrogen (secondary N) is 1. The minimum atomic E-state index is -0.849. The van der Waals surface area contributed by atoms with Gasteiger partial charge in [0.1, 0.15) is 17.7 Å². The maximum absolute atomic E-state index is 12.9. The number of aliphatic hydroxyl groups is 1. The predicted molar refractivity (Wildman–Crippen MR) is 144 cm³/mol. The molecule has 0 radical (unpaired) electrons. The van der Waals surface area contributed by atoms with E-state index in [2.05, 4.69) is 25.3 Å². The third-order valence-corrected chi connectivity index (χ3v) is 7.28. The molecule has 39 heavy (non-hydrogen) atoms. The van der Waals surface area contributed by atoms with Crippen molar-refractivity contribution < 1.29 is 14.7 Å². The van der Waals surface area contributed by atoms with Crippen LogP contribution in [0.25, 0.3) is 16.8 Å². The summed E-state index contributed by atoms with van der Waals surface area (Å²) in [5.74, 6) is -0.184. The van der Waals surface area contributed by atoms with Crippen LogP contribution < -0.4 is 5.73 Å². The molecule has 1 saturated carbocycles. The van der Waals surface area contributed by atoms with Crippen LogP contribution in [-0.4, -0.2) is 62.5 Å². The van der Waals surface area contributed by atoms with Crippen molar-refractivity contribution in [2.45, 2.75) is 64.5 Å². The first kappa shape index (κ1) is 26.2. The standard InChI is InChI=1S/C27H31N9O3/c1-4-12-35(26(38)24-30-15-31-34-24)16(2)6-8-20-22(17(3)37)23(28)36-25(33-20)19(14-32-36)18-7-9-21(29-13-18)27(39)10-5-11-27/h4,7,9,12-16,39H,5-6,8,10-11,28H2,1-3H3,(H,30,31,34)/b12-4-/t16-/m1/s1. The van der Waals surface area contributed by atoms with Gasteiger partial charge in [-0.15, -0.1) is 10.2 Å². The molecule has 4 aromatic rings. The van der Waals surface area contributed by atoms with Gasteiger partial charge in [-0.05, 0) is 58.9 Å². The largest absolute Gasteiger partial charge is 0.384 e. The highest BCUT2D eigenvalue weighted by Crippen LogP contribution is 2.40. The van der Waals surface area contributed by atoms with E-state index in [-0.39, 0.29) is 29.4 Å². The number of aromatic amines is 1. The fraction of sp³-hybridized carbons (Fsp3) is 0.370. The highest BCUT2D eigenvalue weighted by atomic mass is 16.3. The molecule has 1 aliphatic carbocycles. The lowest BCUT2D eigenvalue weighted by Crippen LogP contribution is -2.35. The van der Waals surface area contributed by atoms with Crippen molar-refractivity contribution >= 4 is 23.2 Å². The van der Waals surface area contributed by atoms with Crippen molar-refractivity contribution in [3.05, 3.63) is 65.9 Å². The number of nitrogens with two attached hydrogens (primary N) is 1. The molecule has 5 rings (SSSR count). The number of rotatable bonds is 9. The Morgan fingerprint density at radius 1 is 1.31 bits per heavy atom. The number of amides is 1. The highest BCUT2D eigenvalue weighted by Gasteiger charge is 2.37. The van der Waals surface area contributed by atoms with Crippen LogP contribution in [0.2, 0.25) is 0 Å². The summed E-state index contributed by atoms with van der Waals surface area (Å²) in [6.45, 7) is 5.19. The molecule has 1 fully saturated rings. The van der Waals surface area contributed by atoms with Gasteiger partial charge in [0.25, 0.3) is 5.91 Å². The first-order valence-electron chi connectivity index (χ1n) is 12.9. The smallest absolute Gasteiger partial charge is 0.295 e. The number of allylic oxidation sites excluding steroid dienone is 1. The van der Waals surface area contributed by atoms with Crippen LogP contribution in [-0.2, 0) is 12.0 Å². The van der Waals surface area contributed by atoms with Gasteiger partial charge in [0.15, 0.2) is 11.4 Å². The van der Waals surface area contributed by atoms with Crippen molar-refractivity contribution in [3.63, 3.8) is 0 Å². The second-order valence-corrected chi connectivity index (χ2v) is 9.91. The SMILES string of the molecule is C/C=C\N(C(=O)c1nnc[nH]1)[C@H](C)CCc1nc2c(-c3ccc(C4(O)CCC4)nc3)cnn2c(N)c1C(C)=O. The quantitative estimate of drug-likeness (QED) is 0.276. The van der Waals surface area contributed by atoms with Gasteiger partial charge in [0.05, 0.1) is 23.1 Å². The molecule has 12 heteroatoms. The Morgan fingerprint density at radius 2 is 2.10 bits per heavy atom. The zero-order valence-electron chi connectivity index (χ0n) is 22.1. The Morgan fingerprint density at radius 3 is 2.69 bits per heavy atom. The number of carbonyl (C=O) groups is 2. The number of carbonyl (C=O) groups excluding carboxylic acids is 2. The van der Waals surface area contributed by atoms with Gasteiger partial charge in [-0.2, -0.15) is 9.61 Å². The number of nitrogen functional groups attached to an aromatic ring is 1. The molecule has 1 atom stereocenters. The summed E-state index contributed by atoms with van der Waals surface area (Å²) < 4.78 is 1.46. The Labute approximate surface area is 225 Å². The molecule has 202 valence electrons. The fourth-order valence-electron chi connectivity index (χ4n) is 4.92. The number of anilines is 1. The van der Waals surface area contributed by atoms with E-state index in [9.17, 15) is 14.7 Å². The molecule has 1 aliphatic rings. The van der Waals surface area contributed by atoms with Crippen molar-refractivity contribution in [2.75, 3.05) is 5.73 Å². The molecule has 0 saturated heterocycles. The van der Waals surface area contributed by atoms with Crippen molar-refractivity contribution in [1.29, 1.82) is 0 Å². The lowest BCUT2D eigenvalue weighted by molar-refractivity contribution is -0.0426. The Kier molecular flexibility index (Phi) is 6.96. The topological polar surface area (TPSA) is 168 Å². The van der Waals surface area contributed by atoms with Crippen molar-refractivity contribution in [1.82, 2.24) is 39.7 Å². The Bertz CT molecular complexity index is 1540. The molecular formula is C27H31N9O3. The summed E-state index contributed by atoms with van der Waals surface area (Å²) in [7, 11) is 0. The zero-order chi connectivity index (χ0) is 27.7. The number of ketones is 1.